The maximum absolute atomic E-state index is 11.7. The smallest absolute Gasteiger partial charge is 0.150 e. The third-order valence-corrected chi connectivity index (χ3v) is 8.11. The molecule has 10 heteroatoms. The van der Waals surface area contributed by atoms with E-state index in [-0.39, 0.29) is 12.3 Å². The molecule has 6 rings (SSSR count). The Bertz CT molecular complexity index is 1150. The third kappa shape index (κ3) is 3.91. The molecule has 3 aromatic heterocycles. The highest BCUT2D eigenvalue weighted by molar-refractivity contribution is 7.13. The molecule has 1 N–H and O–H groups in total. The quantitative estimate of drug-likeness (QED) is 0.600. The minimum Gasteiger partial charge on any atom is -0.385 e. The number of hydrogen-bond donors (Lipinski definition) is 1. The van der Waals surface area contributed by atoms with Crippen LogP contribution in [0.1, 0.15) is 50.8 Å². The second-order valence-corrected chi connectivity index (χ2v) is 10.3. The fourth-order valence-electron chi connectivity index (χ4n) is 5.26. The van der Waals surface area contributed by atoms with Gasteiger partial charge in [-0.2, -0.15) is 9.47 Å². The third-order valence-electron chi connectivity index (χ3n) is 7.24. The minimum absolute atomic E-state index is 0.0860. The first-order chi connectivity index (χ1) is 16.6. The van der Waals surface area contributed by atoms with E-state index in [1.807, 2.05) is 10.7 Å². The van der Waals surface area contributed by atoms with Crippen molar-refractivity contribution < 1.29 is 19.3 Å². The SMILES string of the molecule is C[C@@H]1COCCN1c1cc(C2(O)CCOCC2)c2snc(-c3ccnn3C3CCCCO3)c2n1. The van der Waals surface area contributed by atoms with E-state index in [0.29, 0.717) is 39.3 Å². The Kier molecular flexibility index (Phi) is 6.02. The zero-order chi connectivity index (χ0) is 23.1. The Morgan fingerprint density at radius 3 is 2.82 bits per heavy atom. The summed E-state index contributed by atoms with van der Waals surface area (Å²) in [4.78, 5) is 7.41. The van der Waals surface area contributed by atoms with Gasteiger partial charge in [0.2, 0.25) is 0 Å². The summed E-state index contributed by atoms with van der Waals surface area (Å²) in [6.45, 7) is 6.07. The van der Waals surface area contributed by atoms with Gasteiger partial charge in [0.25, 0.3) is 0 Å². The van der Waals surface area contributed by atoms with Gasteiger partial charge in [-0.25, -0.2) is 9.67 Å². The van der Waals surface area contributed by atoms with E-state index >= 15 is 0 Å². The van der Waals surface area contributed by atoms with E-state index in [4.69, 9.17) is 23.6 Å². The van der Waals surface area contributed by atoms with Crippen LogP contribution in [0.4, 0.5) is 5.82 Å². The number of aliphatic hydroxyl groups is 1. The minimum atomic E-state index is -0.958. The monoisotopic (exact) mass is 485 g/mol. The van der Waals surface area contributed by atoms with Gasteiger partial charge in [0.1, 0.15) is 17.0 Å². The maximum atomic E-state index is 11.7. The summed E-state index contributed by atoms with van der Waals surface area (Å²) in [7, 11) is 0. The zero-order valence-corrected chi connectivity index (χ0v) is 20.3. The highest BCUT2D eigenvalue weighted by Gasteiger charge is 2.36. The van der Waals surface area contributed by atoms with Gasteiger partial charge in [0, 0.05) is 51.0 Å². The number of ether oxygens (including phenoxy) is 3. The number of anilines is 1. The fraction of sp³-hybridized carbons (Fsp3) is 0.625. The van der Waals surface area contributed by atoms with Gasteiger partial charge in [-0.15, -0.1) is 0 Å². The molecule has 3 aliphatic rings. The lowest BCUT2D eigenvalue weighted by Gasteiger charge is -2.36. The van der Waals surface area contributed by atoms with Crippen molar-refractivity contribution in [3.05, 3.63) is 23.9 Å². The van der Waals surface area contributed by atoms with E-state index in [0.717, 1.165) is 65.4 Å². The molecule has 9 nitrogen and oxygen atoms in total. The van der Waals surface area contributed by atoms with Crippen LogP contribution in [0.5, 0.6) is 0 Å². The molecule has 0 aromatic carbocycles. The molecule has 0 amide bonds. The molecule has 0 spiro atoms. The lowest BCUT2D eigenvalue weighted by Crippen LogP contribution is -2.44. The fourth-order valence-corrected chi connectivity index (χ4v) is 6.20. The number of rotatable bonds is 4. The maximum Gasteiger partial charge on any atom is 0.150 e. The standard InChI is InChI=1S/C24H31N5O4S/c1-16-15-32-13-9-28(16)19-14-17(24(30)6-11-31-12-7-24)23-22(26-19)21(27-34-23)18-5-8-25-29(18)20-4-2-3-10-33-20/h5,8,14,16,20,30H,2-4,6-7,9-13,15H2,1H3/t16-,20?/m1/s1. The van der Waals surface area contributed by atoms with Gasteiger partial charge in [0.15, 0.2) is 6.23 Å². The first kappa shape index (κ1) is 22.4. The molecule has 0 saturated carbocycles. The van der Waals surface area contributed by atoms with Crippen molar-refractivity contribution >= 4 is 27.6 Å². The molecule has 1 unspecified atom stereocenters. The van der Waals surface area contributed by atoms with E-state index in [9.17, 15) is 5.11 Å². The Hall–Kier alpha value is -2.11. The van der Waals surface area contributed by atoms with Crippen molar-refractivity contribution in [2.75, 3.05) is 44.5 Å². The molecular weight excluding hydrogens is 454 g/mol. The first-order valence-corrected chi connectivity index (χ1v) is 13.0. The summed E-state index contributed by atoms with van der Waals surface area (Å²) >= 11 is 1.40. The second-order valence-electron chi connectivity index (χ2n) is 9.48. The molecule has 0 radical (unpaired) electrons. The molecule has 6 heterocycles. The van der Waals surface area contributed by atoms with E-state index < -0.39 is 5.60 Å². The number of fused-ring (bicyclic) bond motifs is 1. The Labute approximate surface area is 202 Å². The average molecular weight is 486 g/mol. The van der Waals surface area contributed by atoms with Crippen molar-refractivity contribution in [1.29, 1.82) is 0 Å². The molecule has 2 atom stereocenters. The van der Waals surface area contributed by atoms with Crippen LogP contribution in [-0.4, -0.2) is 69.9 Å². The number of nitrogens with zero attached hydrogens (tertiary/aromatic N) is 5. The molecule has 3 aliphatic heterocycles. The first-order valence-electron chi connectivity index (χ1n) is 12.2. The van der Waals surface area contributed by atoms with Crippen molar-refractivity contribution in [3.8, 4) is 11.4 Å². The predicted molar refractivity (Wildman–Crippen MR) is 129 cm³/mol. The second kappa shape index (κ2) is 9.16. The molecule has 182 valence electrons. The van der Waals surface area contributed by atoms with Crippen LogP contribution in [0.3, 0.4) is 0 Å². The van der Waals surface area contributed by atoms with E-state index in [2.05, 4.69) is 23.0 Å². The van der Waals surface area contributed by atoms with Crippen molar-refractivity contribution in [3.63, 3.8) is 0 Å². The summed E-state index contributed by atoms with van der Waals surface area (Å²) in [6.07, 6.45) is 5.98. The van der Waals surface area contributed by atoms with Gasteiger partial charge >= 0.3 is 0 Å². The van der Waals surface area contributed by atoms with Gasteiger partial charge in [-0.1, -0.05) is 0 Å². The van der Waals surface area contributed by atoms with Crippen molar-refractivity contribution in [2.45, 2.75) is 56.9 Å². The highest BCUT2D eigenvalue weighted by Crippen LogP contribution is 2.43. The molecule has 3 fully saturated rings. The van der Waals surface area contributed by atoms with Crippen molar-refractivity contribution in [2.24, 2.45) is 0 Å². The number of aromatic nitrogens is 4. The summed E-state index contributed by atoms with van der Waals surface area (Å²) in [5.74, 6) is 0.861. The molecule has 3 aromatic rings. The normalized spacial score (nSPS) is 25.6. The van der Waals surface area contributed by atoms with Crippen LogP contribution in [0.2, 0.25) is 0 Å². The van der Waals surface area contributed by atoms with Crippen LogP contribution >= 0.6 is 11.5 Å². The summed E-state index contributed by atoms with van der Waals surface area (Å²) in [6, 6.07) is 4.26. The topological polar surface area (TPSA) is 94.8 Å². The van der Waals surface area contributed by atoms with Crippen LogP contribution in [-0.2, 0) is 19.8 Å². The van der Waals surface area contributed by atoms with E-state index in [1.54, 1.807) is 6.20 Å². The van der Waals surface area contributed by atoms with Gasteiger partial charge in [-0.3, -0.25) is 0 Å². The summed E-state index contributed by atoms with van der Waals surface area (Å²) < 4.78 is 25.0. The van der Waals surface area contributed by atoms with Crippen molar-refractivity contribution in [1.82, 2.24) is 19.1 Å². The molecule has 34 heavy (non-hydrogen) atoms. The van der Waals surface area contributed by atoms with E-state index in [1.165, 1.54) is 11.5 Å². The average Bonchev–Trinajstić information content (AvgIpc) is 3.52. The zero-order valence-electron chi connectivity index (χ0n) is 19.5. The lowest BCUT2D eigenvalue weighted by atomic mass is 9.86. The van der Waals surface area contributed by atoms with Crippen LogP contribution in [0.25, 0.3) is 21.6 Å². The largest absolute Gasteiger partial charge is 0.385 e. The lowest BCUT2D eigenvalue weighted by molar-refractivity contribution is -0.0669. The van der Waals surface area contributed by atoms with Gasteiger partial charge in [-0.05, 0) is 49.9 Å². The Balaban J connectivity index is 1.50. The van der Waals surface area contributed by atoms with Crippen LogP contribution in [0.15, 0.2) is 18.3 Å². The van der Waals surface area contributed by atoms with Crippen LogP contribution < -0.4 is 4.90 Å². The Morgan fingerprint density at radius 1 is 1.15 bits per heavy atom. The van der Waals surface area contributed by atoms with Gasteiger partial charge < -0.3 is 24.2 Å². The Morgan fingerprint density at radius 2 is 2.03 bits per heavy atom. The highest BCUT2D eigenvalue weighted by atomic mass is 32.1. The molecule has 3 saturated heterocycles. The molecule has 0 aliphatic carbocycles. The molecule has 0 bridgehead atoms. The summed E-state index contributed by atoms with van der Waals surface area (Å²) in [5, 5.41) is 16.3. The number of pyridine rings is 1. The van der Waals surface area contributed by atoms with Crippen LogP contribution in [0, 0.1) is 0 Å². The number of hydrogen-bond acceptors (Lipinski definition) is 9. The predicted octanol–water partition coefficient (Wildman–Crippen LogP) is 3.48. The number of morpholine rings is 1. The molecular formula is C24H31N5O4S. The van der Waals surface area contributed by atoms with Gasteiger partial charge in [0.05, 0.1) is 35.3 Å². The summed E-state index contributed by atoms with van der Waals surface area (Å²) in [5.41, 5.74) is 2.46.